The van der Waals surface area contributed by atoms with E-state index in [0.717, 1.165) is 36.6 Å². The van der Waals surface area contributed by atoms with E-state index < -0.39 is 21.7 Å². The number of alkyl halides is 3. The molecule has 0 unspecified atom stereocenters. The van der Waals surface area contributed by atoms with E-state index in [0.29, 0.717) is 12.5 Å². The highest BCUT2D eigenvalue weighted by Gasteiger charge is 2.38. The Morgan fingerprint density at radius 2 is 1.86 bits per heavy atom. The third kappa shape index (κ3) is 4.45. The minimum Gasteiger partial charge on any atom is -0.369 e. The van der Waals surface area contributed by atoms with Crippen molar-refractivity contribution in [1.29, 1.82) is 0 Å². The molecule has 0 aromatic carbocycles. The molecule has 0 atom stereocenters. The largest absolute Gasteiger partial charge is 0.435 e. The molecule has 1 N–H and O–H groups in total. The van der Waals surface area contributed by atoms with Gasteiger partial charge in [0.05, 0.1) is 0 Å². The van der Waals surface area contributed by atoms with Crippen molar-refractivity contribution in [2.45, 2.75) is 50.2 Å². The van der Waals surface area contributed by atoms with E-state index in [1.807, 2.05) is 0 Å². The molecule has 0 radical (unpaired) electrons. The van der Waals surface area contributed by atoms with Crippen LogP contribution in [0.2, 0.25) is 0 Å². The van der Waals surface area contributed by atoms with Gasteiger partial charge in [-0.1, -0.05) is 19.3 Å². The van der Waals surface area contributed by atoms with Gasteiger partial charge in [-0.3, -0.25) is 0 Å². The van der Waals surface area contributed by atoms with Gasteiger partial charge in [-0.2, -0.15) is 23.0 Å². The van der Waals surface area contributed by atoms with Gasteiger partial charge in [0.25, 0.3) is 0 Å². The van der Waals surface area contributed by atoms with Crippen molar-refractivity contribution in [3.8, 4) is 5.82 Å². The highest BCUT2D eigenvalue weighted by atomic mass is 32.2. The molecule has 0 saturated heterocycles. The van der Waals surface area contributed by atoms with Gasteiger partial charge in [-0.05, 0) is 37.8 Å². The molecule has 2 heterocycles. The quantitative estimate of drug-likeness (QED) is 0.802. The van der Waals surface area contributed by atoms with Crippen LogP contribution < -0.4 is 5.32 Å². The number of hydrogen-bond acceptors (Lipinski definition) is 6. The van der Waals surface area contributed by atoms with Crippen LogP contribution in [0.3, 0.4) is 0 Å². The van der Waals surface area contributed by atoms with Crippen LogP contribution in [-0.4, -0.2) is 41.2 Å². The lowest BCUT2D eigenvalue weighted by Crippen LogP contribution is -2.19. The topological polar surface area (TPSA) is 89.8 Å². The van der Waals surface area contributed by atoms with Gasteiger partial charge in [0.2, 0.25) is 0 Å². The van der Waals surface area contributed by atoms with Gasteiger partial charge < -0.3 is 5.32 Å². The summed E-state index contributed by atoms with van der Waals surface area (Å²) in [4.78, 5) is 0. The minimum absolute atomic E-state index is 0.0112. The Morgan fingerprint density at radius 3 is 2.39 bits per heavy atom. The lowest BCUT2D eigenvalue weighted by Gasteiger charge is -2.22. The third-order valence-corrected chi connectivity index (χ3v) is 5.87. The molecular formula is C17H22F3N5O2S. The van der Waals surface area contributed by atoms with Crippen molar-refractivity contribution < 1.29 is 21.6 Å². The fourth-order valence-corrected chi connectivity index (χ4v) is 3.90. The van der Waals surface area contributed by atoms with E-state index in [9.17, 15) is 21.6 Å². The maximum Gasteiger partial charge on any atom is 0.435 e. The number of hydrogen-bond donors (Lipinski definition) is 1. The van der Waals surface area contributed by atoms with Crippen molar-refractivity contribution >= 4 is 15.7 Å². The molecule has 0 bridgehead atoms. The molecule has 1 aliphatic carbocycles. The summed E-state index contributed by atoms with van der Waals surface area (Å²) >= 11 is 0. The second kappa shape index (κ2) is 7.69. The number of nitrogens with one attached hydrogen (secondary N) is 1. The van der Waals surface area contributed by atoms with Crippen LogP contribution in [0.1, 0.15) is 43.4 Å². The minimum atomic E-state index is -4.61. The van der Waals surface area contributed by atoms with E-state index in [1.165, 1.54) is 25.5 Å². The number of anilines is 1. The number of nitrogens with zero attached hydrogens (tertiary/aromatic N) is 4. The first-order valence-electron chi connectivity index (χ1n) is 9.02. The summed E-state index contributed by atoms with van der Waals surface area (Å²) in [5.41, 5.74) is -1.04. The Kier molecular flexibility index (Phi) is 5.64. The Bertz CT molecular complexity index is 933. The monoisotopic (exact) mass is 417 g/mol. The van der Waals surface area contributed by atoms with E-state index in [2.05, 4.69) is 20.6 Å². The zero-order valence-corrected chi connectivity index (χ0v) is 16.4. The molecule has 7 nitrogen and oxygen atoms in total. The highest BCUT2D eigenvalue weighted by Crippen LogP contribution is 2.35. The Labute approximate surface area is 161 Å². The summed E-state index contributed by atoms with van der Waals surface area (Å²) in [7, 11) is -3.56. The summed E-state index contributed by atoms with van der Waals surface area (Å²) in [6, 6.07) is 2.49. The van der Waals surface area contributed by atoms with Crippen molar-refractivity contribution in [3.63, 3.8) is 0 Å². The molecule has 2 aromatic rings. The van der Waals surface area contributed by atoms with Crippen molar-refractivity contribution in [2.75, 3.05) is 18.1 Å². The summed E-state index contributed by atoms with van der Waals surface area (Å²) in [6.07, 6.45) is 1.87. The predicted octanol–water partition coefficient (Wildman–Crippen LogP) is 3.39. The van der Waals surface area contributed by atoms with Gasteiger partial charge in [-0.25, -0.2) is 8.42 Å². The first kappa shape index (κ1) is 20.6. The first-order chi connectivity index (χ1) is 13.1. The second-order valence-corrected chi connectivity index (χ2v) is 9.08. The fourth-order valence-electron chi connectivity index (χ4n) is 3.39. The van der Waals surface area contributed by atoms with Crippen molar-refractivity contribution in [1.82, 2.24) is 20.0 Å². The zero-order chi connectivity index (χ0) is 20.5. The van der Waals surface area contributed by atoms with Crippen LogP contribution in [0.5, 0.6) is 0 Å². The molecule has 1 aliphatic rings. The zero-order valence-electron chi connectivity index (χ0n) is 15.6. The van der Waals surface area contributed by atoms with E-state index in [-0.39, 0.29) is 22.2 Å². The van der Waals surface area contributed by atoms with Gasteiger partial charge in [0.15, 0.2) is 26.4 Å². The van der Waals surface area contributed by atoms with Crippen LogP contribution in [-0.2, 0) is 16.0 Å². The number of halogens is 3. The molecule has 3 rings (SSSR count). The SMILES string of the molecule is Cc1c(C(F)(F)F)nn(-c2ccc(S(C)(=O)=O)nn2)c1NCC1CCCCC1. The molecule has 154 valence electrons. The van der Waals surface area contributed by atoms with E-state index in [4.69, 9.17) is 0 Å². The normalized spacial score (nSPS) is 16.3. The van der Waals surface area contributed by atoms with Crippen LogP contribution in [0.15, 0.2) is 17.2 Å². The van der Waals surface area contributed by atoms with Crippen molar-refractivity contribution in [2.24, 2.45) is 5.92 Å². The lowest BCUT2D eigenvalue weighted by molar-refractivity contribution is -0.141. The van der Waals surface area contributed by atoms with Crippen LogP contribution >= 0.6 is 0 Å². The van der Waals surface area contributed by atoms with Crippen molar-refractivity contribution in [3.05, 3.63) is 23.4 Å². The Balaban J connectivity index is 1.96. The maximum atomic E-state index is 13.4. The molecular weight excluding hydrogens is 395 g/mol. The molecule has 1 fully saturated rings. The number of aromatic nitrogens is 4. The Morgan fingerprint density at radius 1 is 1.18 bits per heavy atom. The van der Waals surface area contributed by atoms with Gasteiger partial charge in [0.1, 0.15) is 5.82 Å². The predicted molar refractivity (Wildman–Crippen MR) is 97.1 cm³/mol. The number of rotatable bonds is 5. The standard InChI is InChI=1S/C17H22F3N5O2S/c1-11-15(17(18,19)20)24-25(13-8-9-14(23-22-13)28(2,26)27)16(11)21-10-12-6-4-3-5-7-12/h8-9,12,21H,3-7,10H2,1-2H3. The lowest BCUT2D eigenvalue weighted by atomic mass is 9.89. The van der Waals surface area contributed by atoms with E-state index >= 15 is 0 Å². The van der Waals surface area contributed by atoms with Crippen LogP contribution in [0.25, 0.3) is 5.82 Å². The van der Waals surface area contributed by atoms with E-state index in [1.54, 1.807) is 0 Å². The molecule has 0 spiro atoms. The summed E-state index contributed by atoms with van der Waals surface area (Å²) in [5.74, 6) is 0.598. The molecule has 11 heteroatoms. The van der Waals surface area contributed by atoms with Crippen LogP contribution in [0, 0.1) is 12.8 Å². The first-order valence-corrected chi connectivity index (χ1v) is 10.9. The smallest absolute Gasteiger partial charge is 0.369 e. The van der Waals surface area contributed by atoms with Gasteiger partial charge in [-0.15, -0.1) is 10.2 Å². The second-order valence-electron chi connectivity index (χ2n) is 7.12. The molecule has 0 amide bonds. The number of sulfone groups is 1. The Hall–Kier alpha value is -2.17. The average Bonchev–Trinajstić information content (AvgIpc) is 2.97. The highest BCUT2D eigenvalue weighted by molar-refractivity contribution is 7.90. The van der Waals surface area contributed by atoms with Gasteiger partial charge >= 0.3 is 6.18 Å². The maximum absolute atomic E-state index is 13.4. The summed E-state index contributed by atoms with van der Waals surface area (Å²) < 4.78 is 64.2. The molecule has 1 saturated carbocycles. The van der Waals surface area contributed by atoms with Crippen LogP contribution in [0.4, 0.5) is 19.0 Å². The average molecular weight is 417 g/mol. The molecule has 0 aliphatic heterocycles. The fraction of sp³-hybridized carbons (Fsp3) is 0.588. The molecule has 2 aromatic heterocycles. The third-order valence-electron chi connectivity index (χ3n) is 4.90. The van der Waals surface area contributed by atoms with Gasteiger partial charge in [0, 0.05) is 18.4 Å². The summed E-state index contributed by atoms with van der Waals surface area (Å²) in [5, 5.41) is 13.9. The molecule has 28 heavy (non-hydrogen) atoms. The summed E-state index contributed by atoms with van der Waals surface area (Å²) in [6.45, 7) is 1.90.